The zero-order valence-electron chi connectivity index (χ0n) is 15.4. The van der Waals surface area contributed by atoms with E-state index >= 15 is 0 Å². The lowest BCUT2D eigenvalue weighted by atomic mass is 9.87. The van der Waals surface area contributed by atoms with Crippen molar-refractivity contribution < 1.29 is 14.0 Å². The third-order valence-corrected chi connectivity index (χ3v) is 5.70. The number of hydrogen-bond acceptors (Lipinski definition) is 3. The van der Waals surface area contributed by atoms with Gasteiger partial charge in [0.1, 0.15) is 5.82 Å². The third kappa shape index (κ3) is 3.39. The second-order valence-electron chi connectivity index (χ2n) is 7.51. The first kappa shape index (κ1) is 17.9. The molecule has 0 bridgehead atoms. The monoisotopic (exact) mass is 366 g/mol. The Labute approximate surface area is 158 Å². The Kier molecular flexibility index (Phi) is 4.79. The molecular formula is C22H23FN2O2. The maximum absolute atomic E-state index is 13.4. The number of carbonyl (C=O) groups is 2. The van der Waals surface area contributed by atoms with Crippen LogP contribution in [-0.4, -0.2) is 48.2 Å². The zero-order valence-corrected chi connectivity index (χ0v) is 15.4. The zero-order chi connectivity index (χ0) is 19.0. The van der Waals surface area contributed by atoms with Crippen LogP contribution in [-0.2, 0) is 16.0 Å². The minimum Gasteiger partial charge on any atom is -0.325 e. The summed E-state index contributed by atoms with van der Waals surface area (Å²) in [5.41, 5.74) is 3.01. The van der Waals surface area contributed by atoms with Crippen LogP contribution < -0.4 is 0 Å². The number of ketones is 1. The number of amides is 1. The highest BCUT2D eigenvalue weighted by Crippen LogP contribution is 2.35. The van der Waals surface area contributed by atoms with Crippen LogP contribution in [0.4, 0.5) is 4.39 Å². The van der Waals surface area contributed by atoms with Crippen LogP contribution in [0, 0.1) is 11.7 Å². The van der Waals surface area contributed by atoms with Gasteiger partial charge in [0.2, 0.25) is 5.78 Å². The summed E-state index contributed by atoms with van der Waals surface area (Å²) < 4.78 is 13.4. The molecule has 0 aliphatic carbocycles. The fourth-order valence-corrected chi connectivity index (χ4v) is 4.26. The van der Waals surface area contributed by atoms with E-state index in [0.717, 1.165) is 30.5 Å². The number of halogens is 1. The maximum atomic E-state index is 13.4. The molecule has 0 radical (unpaired) electrons. The molecule has 2 aliphatic heterocycles. The Morgan fingerprint density at radius 3 is 2.48 bits per heavy atom. The van der Waals surface area contributed by atoms with Gasteiger partial charge in [-0.3, -0.25) is 9.59 Å². The van der Waals surface area contributed by atoms with Crippen LogP contribution in [0.2, 0.25) is 0 Å². The molecule has 2 aromatic carbocycles. The van der Waals surface area contributed by atoms with E-state index in [1.807, 2.05) is 25.2 Å². The molecule has 27 heavy (non-hydrogen) atoms. The molecule has 1 fully saturated rings. The molecule has 0 saturated carbocycles. The van der Waals surface area contributed by atoms with Gasteiger partial charge in [0, 0.05) is 19.0 Å². The minimum atomic E-state index is -0.417. The first-order chi connectivity index (χ1) is 13.0. The van der Waals surface area contributed by atoms with Crippen LogP contribution >= 0.6 is 0 Å². The van der Waals surface area contributed by atoms with E-state index in [2.05, 4.69) is 11.0 Å². The van der Waals surface area contributed by atoms with Gasteiger partial charge in [-0.1, -0.05) is 36.4 Å². The summed E-state index contributed by atoms with van der Waals surface area (Å²) in [7, 11) is 1.97. The van der Waals surface area contributed by atoms with Gasteiger partial charge >= 0.3 is 0 Å². The summed E-state index contributed by atoms with van der Waals surface area (Å²) in [6.07, 6.45) is 1.45. The summed E-state index contributed by atoms with van der Waals surface area (Å²) in [4.78, 5) is 29.8. The van der Waals surface area contributed by atoms with Gasteiger partial charge < -0.3 is 9.80 Å². The van der Waals surface area contributed by atoms with Gasteiger partial charge in [0.15, 0.2) is 0 Å². The number of fused-ring (bicyclic) bond motifs is 1. The summed E-state index contributed by atoms with van der Waals surface area (Å²) in [5.74, 6) is -1.26. The molecule has 1 unspecified atom stereocenters. The lowest BCUT2D eigenvalue weighted by molar-refractivity contribution is -0.148. The average molecular weight is 366 g/mol. The second kappa shape index (κ2) is 7.24. The van der Waals surface area contributed by atoms with Gasteiger partial charge in [-0.15, -0.1) is 0 Å². The van der Waals surface area contributed by atoms with Crippen molar-refractivity contribution in [1.29, 1.82) is 0 Å². The van der Waals surface area contributed by atoms with Crippen LogP contribution in [0.1, 0.15) is 29.2 Å². The lowest BCUT2D eigenvalue weighted by Gasteiger charge is -2.37. The van der Waals surface area contributed by atoms with Crippen molar-refractivity contribution in [2.75, 3.05) is 26.7 Å². The Balaban J connectivity index is 1.69. The maximum Gasteiger partial charge on any atom is 0.291 e. The normalized spacial score (nSPS) is 22.5. The van der Waals surface area contributed by atoms with Crippen molar-refractivity contribution in [1.82, 2.24) is 9.80 Å². The molecule has 4 rings (SSSR count). The number of likely N-dealkylation sites (tertiary alicyclic amines) is 1. The highest BCUT2D eigenvalue weighted by molar-refractivity contribution is 6.37. The number of nitrogens with zero attached hydrogens (tertiary/aromatic N) is 2. The number of rotatable bonds is 3. The second-order valence-corrected chi connectivity index (χ2v) is 7.51. The van der Waals surface area contributed by atoms with E-state index in [9.17, 15) is 14.0 Å². The first-order valence-corrected chi connectivity index (χ1v) is 9.41. The Morgan fingerprint density at radius 1 is 1.04 bits per heavy atom. The summed E-state index contributed by atoms with van der Waals surface area (Å²) in [6, 6.07) is 13.8. The molecule has 2 heterocycles. The fraction of sp³-hybridized carbons (Fsp3) is 0.364. The van der Waals surface area contributed by atoms with Crippen LogP contribution in [0.25, 0.3) is 0 Å². The molecule has 2 atom stereocenters. The molecule has 2 aliphatic rings. The molecule has 1 amide bonds. The SMILES string of the molecule is CN1CCC(C(=O)C(=O)N2CCc3ccccc3[C@@H]2c2ccc(F)cc2)C1. The summed E-state index contributed by atoms with van der Waals surface area (Å²) >= 11 is 0. The van der Waals surface area contributed by atoms with Crippen LogP contribution in [0.15, 0.2) is 48.5 Å². The predicted octanol–water partition coefficient (Wildman–Crippen LogP) is 2.82. The highest BCUT2D eigenvalue weighted by atomic mass is 19.1. The standard InChI is InChI=1S/C22H23FN2O2/c1-24-12-10-17(14-24)21(26)22(27)25-13-11-15-4-2-3-5-19(15)20(25)16-6-8-18(23)9-7-16/h2-9,17,20H,10-14H2,1H3/t17?,20-/m0/s1. The number of benzene rings is 2. The molecular weight excluding hydrogens is 343 g/mol. The lowest BCUT2D eigenvalue weighted by Crippen LogP contribution is -2.46. The molecule has 5 heteroatoms. The average Bonchev–Trinajstić information content (AvgIpc) is 3.13. The van der Waals surface area contributed by atoms with Gasteiger partial charge in [0.05, 0.1) is 6.04 Å². The highest BCUT2D eigenvalue weighted by Gasteiger charge is 2.38. The van der Waals surface area contributed by atoms with Gasteiger partial charge in [-0.2, -0.15) is 0 Å². The molecule has 0 spiro atoms. The van der Waals surface area contributed by atoms with Crippen molar-refractivity contribution in [3.8, 4) is 0 Å². The summed E-state index contributed by atoms with van der Waals surface area (Å²) in [5, 5.41) is 0. The third-order valence-electron chi connectivity index (χ3n) is 5.70. The van der Waals surface area contributed by atoms with Gasteiger partial charge in [-0.05, 0) is 55.3 Å². The smallest absolute Gasteiger partial charge is 0.291 e. The largest absolute Gasteiger partial charge is 0.325 e. The molecule has 1 saturated heterocycles. The molecule has 0 N–H and O–H groups in total. The van der Waals surface area contributed by atoms with Gasteiger partial charge in [0.25, 0.3) is 5.91 Å². The van der Waals surface area contributed by atoms with Crippen LogP contribution in [0.5, 0.6) is 0 Å². The number of carbonyl (C=O) groups excluding carboxylic acids is 2. The predicted molar refractivity (Wildman–Crippen MR) is 101 cm³/mol. The van der Waals surface area contributed by atoms with Gasteiger partial charge in [-0.25, -0.2) is 4.39 Å². The Bertz CT molecular complexity index is 865. The summed E-state index contributed by atoms with van der Waals surface area (Å²) in [6.45, 7) is 1.97. The topological polar surface area (TPSA) is 40.6 Å². The van der Waals surface area contributed by atoms with E-state index in [4.69, 9.17) is 0 Å². The van der Waals surface area contributed by atoms with Crippen molar-refractivity contribution in [2.24, 2.45) is 5.92 Å². The Morgan fingerprint density at radius 2 is 1.78 bits per heavy atom. The van der Waals surface area contributed by atoms with Crippen molar-refractivity contribution >= 4 is 11.7 Å². The van der Waals surface area contributed by atoms with E-state index in [-0.39, 0.29) is 23.6 Å². The molecule has 2 aromatic rings. The van der Waals surface area contributed by atoms with E-state index in [1.165, 1.54) is 17.7 Å². The molecule has 140 valence electrons. The molecule has 4 nitrogen and oxygen atoms in total. The van der Waals surface area contributed by atoms with E-state index < -0.39 is 5.91 Å². The van der Waals surface area contributed by atoms with E-state index in [1.54, 1.807) is 17.0 Å². The van der Waals surface area contributed by atoms with E-state index in [0.29, 0.717) is 13.1 Å². The first-order valence-electron chi connectivity index (χ1n) is 9.41. The van der Waals surface area contributed by atoms with Crippen molar-refractivity contribution in [3.05, 3.63) is 71.0 Å². The van der Waals surface area contributed by atoms with Crippen molar-refractivity contribution in [2.45, 2.75) is 18.9 Å². The van der Waals surface area contributed by atoms with Crippen LogP contribution in [0.3, 0.4) is 0 Å². The quantitative estimate of drug-likeness (QED) is 0.785. The Hall–Kier alpha value is -2.53. The van der Waals surface area contributed by atoms with Crippen molar-refractivity contribution in [3.63, 3.8) is 0 Å². The number of Topliss-reactive ketones (excluding diaryl/α,β-unsaturated/α-hetero) is 1. The number of hydrogen-bond donors (Lipinski definition) is 0. The minimum absolute atomic E-state index is 0.228. The fourth-order valence-electron chi connectivity index (χ4n) is 4.26. The molecule has 0 aromatic heterocycles.